The van der Waals surface area contributed by atoms with Gasteiger partial charge in [0.25, 0.3) is 5.91 Å². The fraction of sp³-hybridized carbons (Fsp3) is 0.188. The summed E-state index contributed by atoms with van der Waals surface area (Å²) in [7, 11) is 1.45. The van der Waals surface area contributed by atoms with Gasteiger partial charge in [0.15, 0.2) is 11.5 Å². The first-order valence-electron chi connectivity index (χ1n) is 6.31. The molecule has 1 amide bonds. The molecule has 2 aromatic carbocycles. The van der Waals surface area contributed by atoms with E-state index in [9.17, 15) is 9.90 Å². The molecule has 0 radical (unpaired) electrons. The van der Waals surface area contributed by atoms with Gasteiger partial charge in [0.05, 0.1) is 12.7 Å². The van der Waals surface area contributed by atoms with E-state index in [0.717, 1.165) is 5.56 Å². The Hall–Kier alpha value is -2.49. The molecule has 0 saturated carbocycles. The summed E-state index contributed by atoms with van der Waals surface area (Å²) in [6.07, 6.45) is 0. The Bertz CT molecular complexity index is 606. The van der Waals surface area contributed by atoms with Gasteiger partial charge in [0, 0.05) is 6.54 Å². The molecule has 0 atom stereocenters. The molecular formula is C16H17NO3. The quantitative estimate of drug-likeness (QED) is 0.898. The summed E-state index contributed by atoms with van der Waals surface area (Å²) in [4.78, 5) is 12.0. The fourth-order valence-electron chi connectivity index (χ4n) is 1.85. The van der Waals surface area contributed by atoms with Crippen molar-refractivity contribution in [1.29, 1.82) is 0 Å². The second-order valence-electron chi connectivity index (χ2n) is 4.52. The van der Waals surface area contributed by atoms with E-state index in [4.69, 9.17) is 4.74 Å². The molecule has 2 rings (SSSR count). The number of hydrogen-bond acceptors (Lipinski definition) is 3. The van der Waals surface area contributed by atoms with Gasteiger partial charge >= 0.3 is 0 Å². The van der Waals surface area contributed by atoms with Crippen molar-refractivity contribution in [3.8, 4) is 11.5 Å². The molecule has 0 aliphatic heterocycles. The highest BCUT2D eigenvalue weighted by Gasteiger charge is 2.14. The third-order valence-corrected chi connectivity index (χ3v) is 3.04. The number of hydrogen-bond donors (Lipinski definition) is 2. The Morgan fingerprint density at radius 2 is 1.90 bits per heavy atom. The summed E-state index contributed by atoms with van der Waals surface area (Å²) in [5, 5.41) is 12.7. The van der Waals surface area contributed by atoms with E-state index < -0.39 is 0 Å². The Balaban J connectivity index is 2.07. The summed E-state index contributed by atoms with van der Waals surface area (Å²) >= 11 is 0. The molecule has 2 N–H and O–H groups in total. The van der Waals surface area contributed by atoms with E-state index in [1.807, 2.05) is 31.2 Å². The SMILES string of the molecule is COc1cccc(C(=O)NCc2ccc(C)cc2)c1O. The fourth-order valence-corrected chi connectivity index (χ4v) is 1.85. The average Bonchev–Trinajstić information content (AvgIpc) is 2.46. The van der Waals surface area contributed by atoms with Gasteiger partial charge in [0.2, 0.25) is 0 Å². The van der Waals surface area contributed by atoms with Crippen LogP contribution >= 0.6 is 0 Å². The van der Waals surface area contributed by atoms with Crippen molar-refractivity contribution < 1.29 is 14.6 Å². The Labute approximate surface area is 118 Å². The van der Waals surface area contributed by atoms with Crippen LogP contribution in [0.2, 0.25) is 0 Å². The largest absolute Gasteiger partial charge is 0.504 e. The normalized spacial score (nSPS) is 10.1. The van der Waals surface area contributed by atoms with Crippen molar-refractivity contribution in [1.82, 2.24) is 5.32 Å². The summed E-state index contributed by atoms with van der Waals surface area (Å²) in [5.41, 5.74) is 2.38. The topological polar surface area (TPSA) is 58.6 Å². The summed E-state index contributed by atoms with van der Waals surface area (Å²) < 4.78 is 4.98. The van der Waals surface area contributed by atoms with Gasteiger partial charge in [-0.1, -0.05) is 35.9 Å². The highest BCUT2D eigenvalue weighted by atomic mass is 16.5. The van der Waals surface area contributed by atoms with Crippen LogP contribution in [-0.2, 0) is 6.54 Å². The lowest BCUT2D eigenvalue weighted by Crippen LogP contribution is -2.22. The van der Waals surface area contributed by atoms with Gasteiger partial charge in [-0.25, -0.2) is 0 Å². The number of benzene rings is 2. The number of carbonyl (C=O) groups is 1. The van der Waals surface area contributed by atoms with E-state index in [0.29, 0.717) is 6.54 Å². The molecule has 4 heteroatoms. The first-order chi connectivity index (χ1) is 9.61. The molecule has 4 nitrogen and oxygen atoms in total. The monoisotopic (exact) mass is 271 g/mol. The zero-order valence-corrected chi connectivity index (χ0v) is 11.5. The second-order valence-corrected chi connectivity index (χ2v) is 4.52. The Kier molecular flexibility index (Phi) is 4.25. The van der Waals surface area contributed by atoms with E-state index in [1.54, 1.807) is 18.2 Å². The highest BCUT2D eigenvalue weighted by Crippen LogP contribution is 2.29. The minimum Gasteiger partial charge on any atom is -0.504 e. The predicted octanol–water partition coefficient (Wildman–Crippen LogP) is 2.64. The third-order valence-electron chi connectivity index (χ3n) is 3.04. The van der Waals surface area contributed by atoms with Gasteiger partial charge in [0.1, 0.15) is 0 Å². The van der Waals surface area contributed by atoms with Gasteiger partial charge in [-0.15, -0.1) is 0 Å². The molecule has 0 bridgehead atoms. The lowest BCUT2D eigenvalue weighted by atomic mass is 10.1. The molecule has 20 heavy (non-hydrogen) atoms. The van der Waals surface area contributed by atoms with E-state index >= 15 is 0 Å². The number of aromatic hydroxyl groups is 1. The Morgan fingerprint density at radius 1 is 1.20 bits per heavy atom. The standard InChI is InChI=1S/C16H17NO3/c1-11-6-8-12(9-7-11)10-17-16(19)13-4-3-5-14(20-2)15(13)18/h3-9,18H,10H2,1-2H3,(H,17,19). The van der Waals surface area contributed by atoms with Crippen LogP contribution in [0.15, 0.2) is 42.5 Å². The number of phenolic OH excluding ortho intramolecular Hbond substituents is 1. The van der Waals surface area contributed by atoms with E-state index in [-0.39, 0.29) is 23.0 Å². The van der Waals surface area contributed by atoms with Gasteiger partial charge < -0.3 is 15.2 Å². The van der Waals surface area contributed by atoms with Crippen LogP contribution in [0.5, 0.6) is 11.5 Å². The number of carbonyl (C=O) groups excluding carboxylic acids is 1. The van der Waals surface area contributed by atoms with Crippen LogP contribution in [0.3, 0.4) is 0 Å². The molecule has 0 saturated heterocycles. The highest BCUT2D eigenvalue weighted by molar-refractivity contribution is 5.97. The lowest BCUT2D eigenvalue weighted by molar-refractivity contribution is 0.0947. The molecule has 0 spiro atoms. The average molecular weight is 271 g/mol. The molecular weight excluding hydrogens is 254 g/mol. The number of para-hydroxylation sites is 1. The van der Waals surface area contributed by atoms with Crippen molar-refractivity contribution in [2.24, 2.45) is 0 Å². The zero-order chi connectivity index (χ0) is 14.5. The van der Waals surface area contributed by atoms with Crippen LogP contribution in [0.1, 0.15) is 21.5 Å². The maximum absolute atomic E-state index is 12.0. The molecule has 0 aliphatic carbocycles. The molecule has 0 fully saturated rings. The molecule has 104 valence electrons. The number of amides is 1. The number of rotatable bonds is 4. The molecule has 0 aromatic heterocycles. The van der Waals surface area contributed by atoms with Crippen molar-refractivity contribution in [3.63, 3.8) is 0 Å². The second kappa shape index (κ2) is 6.10. The maximum atomic E-state index is 12.0. The Morgan fingerprint density at radius 3 is 2.55 bits per heavy atom. The summed E-state index contributed by atoms with van der Waals surface area (Å²) in [6, 6.07) is 12.7. The molecule has 0 unspecified atom stereocenters. The van der Waals surface area contributed by atoms with E-state index in [1.165, 1.54) is 12.7 Å². The number of aryl methyl sites for hydroxylation is 1. The first-order valence-corrected chi connectivity index (χ1v) is 6.31. The zero-order valence-electron chi connectivity index (χ0n) is 11.5. The lowest BCUT2D eigenvalue weighted by Gasteiger charge is -2.09. The van der Waals surface area contributed by atoms with Gasteiger partial charge in [-0.05, 0) is 24.6 Å². The maximum Gasteiger partial charge on any atom is 0.255 e. The smallest absolute Gasteiger partial charge is 0.255 e. The minimum absolute atomic E-state index is 0.142. The van der Waals surface area contributed by atoms with E-state index in [2.05, 4.69) is 5.32 Å². The minimum atomic E-state index is -0.332. The summed E-state index contributed by atoms with van der Waals surface area (Å²) in [5.74, 6) is -0.189. The van der Waals surface area contributed by atoms with Gasteiger partial charge in [-0.2, -0.15) is 0 Å². The number of nitrogens with one attached hydrogen (secondary N) is 1. The van der Waals surface area contributed by atoms with Crippen LogP contribution < -0.4 is 10.1 Å². The molecule has 0 aliphatic rings. The third kappa shape index (κ3) is 3.09. The first kappa shape index (κ1) is 13.9. The van der Waals surface area contributed by atoms with Crippen LogP contribution in [-0.4, -0.2) is 18.1 Å². The van der Waals surface area contributed by atoms with Crippen molar-refractivity contribution in [2.45, 2.75) is 13.5 Å². The molecule has 2 aromatic rings. The van der Waals surface area contributed by atoms with Crippen molar-refractivity contribution in [2.75, 3.05) is 7.11 Å². The van der Waals surface area contributed by atoms with Crippen molar-refractivity contribution in [3.05, 3.63) is 59.2 Å². The number of methoxy groups -OCH3 is 1. The van der Waals surface area contributed by atoms with Gasteiger partial charge in [-0.3, -0.25) is 4.79 Å². The van der Waals surface area contributed by atoms with Crippen molar-refractivity contribution >= 4 is 5.91 Å². The molecule has 0 heterocycles. The van der Waals surface area contributed by atoms with Crippen LogP contribution in [0.4, 0.5) is 0 Å². The predicted molar refractivity (Wildman–Crippen MR) is 77.0 cm³/mol. The van der Waals surface area contributed by atoms with Crippen LogP contribution in [0, 0.1) is 6.92 Å². The van der Waals surface area contributed by atoms with Crippen LogP contribution in [0.25, 0.3) is 0 Å². The summed E-state index contributed by atoms with van der Waals surface area (Å²) in [6.45, 7) is 2.42. The number of ether oxygens (including phenoxy) is 1. The number of phenols is 1.